The third-order valence-corrected chi connectivity index (χ3v) is 3.89. The van der Waals surface area contributed by atoms with Crippen LogP contribution < -0.4 is 0 Å². The Bertz CT molecular complexity index is 445. The van der Waals surface area contributed by atoms with Crippen molar-refractivity contribution in [2.24, 2.45) is 0 Å². The number of nitrogens with zero attached hydrogens (tertiary/aromatic N) is 1. The molecule has 0 radical (unpaired) electrons. The Morgan fingerprint density at radius 1 is 1.33 bits per heavy atom. The highest BCUT2D eigenvalue weighted by molar-refractivity contribution is 5.76. The highest BCUT2D eigenvalue weighted by Gasteiger charge is 2.25. The van der Waals surface area contributed by atoms with Gasteiger partial charge in [0.2, 0.25) is 5.91 Å². The van der Waals surface area contributed by atoms with E-state index in [1.807, 2.05) is 37.3 Å². The smallest absolute Gasteiger partial charge is 0.222 e. The predicted octanol–water partition coefficient (Wildman–Crippen LogP) is 1.72. The van der Waals surface area contributed by atoms with Gasteiger partial charge in [0.15, 0.2) is 6.29 Å². The van der Waals surface area contributed by atoms with Crippen LogP contribution in [-0.2, 0) is 14.3 Å². The van der Waals surface area contributed by atoms with Crippen LogP contribution in [0.25, 0.3) is 0 Å². The van der Waals surface area contributed by atoms with Crippen LogP contribution in [0.4, 0.5) is 0 Å². The van der Waals surface area contributed by atoms with Crippen LogP contribution >= 0.6 is 0 Å². The number of likely N-dealkylation sites (N-methyl/N-ethyl adjacent to an activating group) is 1. The maximum Gasteiger partial charge on any atom is 0.222 e. The van der Waals surface area contributed by atoms with E-state index < -0.39 is 6.10 Å². The molecule has 0 spiro atoms. The quantitative estimate of drug-likeness (QED) is 0.867. The van der Waals surface area contributed by atoms with Gasteiger partial charge in [-0.2, -0.15) is 0 Å². The summed E-state index contributed by atoms with van der Waals surface area (Å²) in [7, 11) is 1.72. The number of carbonyl (C=O) groups excluding carboxylic acids is 1. The number of hydrogen-bond donors (Lipinski definition) is 1. The summed E-state index contributed by atoms with van der Waals surface area (Å²) in [6, 6.07) is 9.09. The molecule has 1 aromatic carbocycles. The number of carbonyl (C=O) groups is 1. The fourth-order valence-corrected chi connectivity index (χ4v) is 2.36. The van der Waals surface area contributed by atoms with E-state index in [-0.39, 0.29) is 18.2 Å². The fourth-order valence-electron chi connectivity index (χ4n) is 2.36. The zero-order valence-electron chi connectivity index (χ0n) is 12.6. The molecule has 5 heteroatoms. The molecule has 1 aliphatic rings. The number of aliphatic hydroxyl groups is 1. The Hall–Kier alpha value is -1.43. The van der Waals surface area contributed by atoms with Gasteiger partial charge in [-0.25, -0.2) is 0 Å². The fraction of sp³-hybridized carbons (Fsp3) is 0.562. The number of amides is 1. The number of benzene rings is 1. The molecule has 0 unspecified atom stereocenters. The van der Waals surface area contributed by atoms with Gasteiger partial charge < -0.3 is 19.5 Å². The molecule has 2 atom stereocenters. The molecule has 1 heterocycles. The molecule has 0 aromatic heterocycles. The second-order valence-electron chi connectivity index (χ2n) is 5.31. The van der Waals surface area contributed by atoms with E-state index in [2.05, 4.69) is 0 Å². The molecule has 0 aliphatic carbocycles. The lowest BCUT2D eigenvalue weighted by atomic mass is 10.0. The molecule has 1 N–H and O–H groups in total. The number of ether oxygens (including phenoxy) is 2. The van der Waals surface area contributed by atoms with Gasteiger partial charge in [-0.05, 0) is 12.5 Å². The molecular weight excluding hydrogens is 270 g/mol. The maximum absolute atomic E-state index is 12.2. The average molecular weight is 293 g/mol. The first-order valence-electron chi connectivity index (χ1n) is 7.31. The minimum Gasteiger partial charge on any atom is -0.386 e. The summed E-state index contributed by atoms with van der Waals surface area (Å²) >= 11 is 0. The van der Waals surface area contributed by atoms with E-state index in [1.54, 1.807) is 11.9 Å². The van der Waals surface area contributed by atoms with E-state index >= 15 is 0 Å². The van der Waals surface area contributed by atoms with E-state index in [4.69, 9.17) is 9.47 Å². The largest absolute Gasteiger partial charge is 0.386 e. The first-order chi connectivity index (χ1) is 10.1. The van der Waals surface area contributed by atoms with Crippen molar-refractivity contribution in [3.05, 3.63) is 35.9 Å². The molecule has 1 amide bonds. The third-order valence-electron chi connectivity index (χ3n) is 3.89. The van der Waals surface area contributed by atoms with Crippen LogP contribution in [0, 0.1) is 0 Å². The van der Waals surface area contributed by atoms with Crippen molar-refractivity contribution in [2.75, 3.05) is 20.3 Å². The van der Waals surface area contributed by atoms with Gasteiger partial charge in [-0.15, -0.1) is 0 Å². The number of hydrogen-bond acceptors (Lipinski definition) is 4. The summed E-state index contributed by atoms with van der Waals surface area (Å²) in [6.07, 6.45) is -0.0551. The van der Waals surface area contributed by atoms with Gasteiger partial charge in [0, 0.05) is 19.9 Å². The summed E-state index contributed by atoms with van der Waals surface area (Å²) in [5.74, 6) is -0.0171. The van der Waals surface area contributed by atoms with Crippen molar-refractivity contribution in [3.63, 3.8) is 0 Å². The minimum absolute atomic E-state index is 0.0171. The second-order valence-corrected chi connectivity index (χ2v) is 5.31. The van der Waals surface area contributed by atoms with Crippen molar-refractivity contribution in [2.45, 2.75) is 38.2 Å². The molecule has 116 valence electrons. The van der Waals surface area contributed by atoms with Crippen molar-refractivity contribution in [3.8, 4) is 0 Å². The van der Waals surface area contributed by atoms with Crippen LogP contribution in [0.3, 0.4) is 0 Å². The Kier molecular flexibility index (Phi) is 5.73. The highest BCUT2D eigenvalue weighted by atomic mass is 16.7. The van der Waals surface area contributed by atoms with Crippen LogP contribution in [-0.4, -0.2) is 48.5 Å². The zero-order chi connectivity index (χ0) is 15.2. The van der Waals surface area contributed by atoms with E-state index in [0.29, 0.717) is 26.1 Å². The molecule has 1 fully saturated rings. The van der Waals surface area contributed by atoms with Crippen molar-refractivity contribution in [1.29, 1.82) is 0 Å². The Labute approximate surface area is 125 Å². The van der Waals surface area contributed by atoms with Crippen molar-refractivity contribution in [1.82, 2.24) is 4.90 Å². The van der Waals surface area contributed by atoms with E-state index in [1.165, 1.54) is 0 Å². The van der Waals surface area contributed by atoms with Crippen LogP contribution in [0.1, 0.15) is 31.4 Å². The monoisotopic (exact) mass is 293 g/mol. The Morgan fingerprint density at radius 2 is 1.95 bits per heavy atom. The third kappa shape index (κ3) is 4.27. The summed E-state index contributed by atoms with van der Waals surface area (Å²) < 4.78 is 10.6. The molecular formula is C16H23NO4. The zero-order valence-corrected chi connectivity index (χ0v) is 12.6. The molecule has 1 aliphatic heterocycles. The van der Waals surface area contributed by atoms with Gasteiger partial charge >= 0.3 is 0 Å². The first-order valence-corrected chi connectivity index (χ1v) is 7.31. The lowest BCUT2D eigenvalue weighted by molar-refractivity contribution is -0.136. The number of rotatable bonds is 6. The van der Waals surface area contributed by atoms with Gasteiger partial charge in [0.05, 0.1) is 25.4 Å². The summed E-state index contributed by atoms with van der Waals surface area (Å²) in [5, 5.41) is 10.3. The highest BCUT2D eigenvalue weighted by Crippen LogP contribution is 2.21. The average Bonchev–Trinajstić information content (AvgIpc) is 3.04. The molecule has 5 nitrogen and oxygen atoms in total. The Balaban J connectivity index is 1.85. The molecule has 21 heavy (non-hydrogen) atoms. The van der Waals surface area contributed by atoms with E-state index in [0.717, 1.165) is 5.56 Å². The van der Waals surface area contributed by atoms with Gasteiger partial charge in [0.1, 0.15) is 0 Å². The number of aliphatic hydroxyl groups excluding tert-OH is 1. The topological polar surface area (TPSA) is 59.0 Å². The molecule has 2 rings (SSSR count). The standard InChI is InChI=1S/C16H23NO4/c1-12(16(19)13-6-4-3-5-7-13)17(2)14(18)8-9-15-20-10-11-21-15/h3-7,12,15-16,19H,8-11H2,1-2H3/t12-,16+/m0/s1. The van der Waals surface area contributed by atoms with Gasteiger partial charge in [-0.3, -0.25) is 4.79 Å². The predicted molar refractivity (Wildman–Crippen MR) is 78.6 cm³/mol. The maximum atomic E-state index is 12.2. The molecule has 1 saturated heterocycles. The molecule has 0 saturated carbocycles. The lowest BCUT2D eigenvalue weighted by Crippen LogP contribution is -2.39. The normalized spacial score (nSPS) is 18.4. The van der Waals surface area contributed by atoms with E-state index in [9.17, 15) is 9.90 Å². The molecule has 1 aromatic rings. The Morgan fingerprint density at radius 3 is 2.57 bits per heavy atom. The lowest BCUT2D eigenvalue weighted by Gasteiger charge is -2.29. The summed E-state index contributed by atoms with van der Waals surface area (Å²) in [4.78, 5) is 13.8. The minimum atomic E-state index is -0.695. The van der Waals surface area contributed by atoms with Crippen molar-refractivity contribution >= 4 is 5.91 Å². The first kappa shape index (κ1) is 15.9. The van der Waals surface area contributed by atoms with Gasteiger partial charge in [0.25, 0.3) is 0 Å². The van der Waals surface area contributed by atoms with Crippen LogP contribution in [0.2, 0.25) is 0 Å². The second kappa shape index (κ2) is 7.54. The van der Waals surface area contributed by atoms with Crippen molar-refractivity contribution < 1.29 is 19.4 Å². The van der Waals surface area contributed by atoms with Crippen LogP contribution in [0.5, 0.6) is 0 Å². The SMILES string of the molecule is C[C@@H]([C@@H](O)c1ccccc1)N(C)C(=O)CCC1OCCO1. The summed E-state index contributed by atoms with van der Waals surface area (Å²) in [6.45, 7) is 3.04. The summed E-state index contributed by atoms with van der Waals surface area (Å²) in [5.41, 5.74) is 0.812. The van der Waals surface area contributed by atoms with Gasteiger partial charge in [-0.1, -0.05) is 30.3 Å². The van der Waals surface area contributed by atoms with Crippen LogP contribution in [0.15, 0.2) is 30.3 Å². The molecule has 0 bridgehead atoms.